The van der Waals surface area contributed by atoms with Crippen LogP contribution in [0, 0.1) is 10.1 Å². The van der Waals surface area contributed by atoms with Crippen molar-refractivity contribution in [3.8, 4) is 0 Å². The van der Waals surface area contributed by atoms with Gasteiger partial charge in [0.1, 0.15) is 0 Å². The fraction of sp³-hybridized carbons (Fsp3) is 0.200. The number of hydrogen-bond donors (Lipinski definition) is 0. The minimum absolute atomic E-state index is 0.236. The van der Waals surface area contributed by atoms with Gasteiger partial charge in [-0.2, -0.15) is 4.31 Å². The highest BCUT2D eigenvalue weighted by atomic mass is 32.2. The van der Waals surface area contributed by atoms with Gasteiger partial charge in [0.25, 0.3) is 5.69 Å². The molecule has 0 aromatic heterocycles. The van der Waals surface area contributed by atoms with Crippen molar-refractivity contribution in [3.63, 3.8) is 0 Å². The molecule has 0 bridgehead atoms. The predicted octanol–water partition coefficient (Wildman–Crippen LogP) is 5.30. The average molecular weight is 447 g/mol. The zero-order valence-electron chi connectivity index (χ0n) is 17.3. The van der Waals surface area contributed by atoms with E-state index in [0.29, 0.717) is 13.0 Å². The Hall–Kier alpha value is -3.29. The second-order valence-corrected chi connectivity index (χ2v) is 10.0. The molecule has 1 saturated heterocycles. The number of nitro benzene ring substituents is 1. The largest absolute Gasteiger partial charge is 0.289 e. The molecule has 1 atom stereocenters. The molecule has 0 spiro atoms. The van der Waals surface area contributed by atoms with E-state index >= 15 is 0 Å². The molecule has 0 radical (unpaired) electrons. The summed E-state index contributed by atoms with van der Waals surface area (Å²) in [6, 6.07) is 23.9. The second-order valence-electron chi connectivity index (χ2n) is 8.14. The van der Waals surface area contributed by atoms with E-state index < -0.39 is 14.9 Å². The van der Waals surface area contributed by atoms with Gasteiger partial charge in [0.2, 0.25) is 10.0 Å². The Balaban J connectivity index is 1.57. The van der Waals surface area contributed by atoms with Crippen molar-refractivity contribution in [1.29, 1.82) is 0 Å². The van der Waals surface area contributed by atoms with E-state index in [1.54, 1.807) is 0 Å². The van der Waals surface area contributed by atoms with Crippen LogP contribution >= 0.6 is 0 Å². The van der Waals surface area contributed by atoms with E-state index in [-0.39, 0.29) is 16.6 Å². The highest BCUT2D eigenvalue weighted by molar-refractivity contribution is 7.89. The van der Waals surface area contributed by atoms with Gasteiger partial charge in [0, 0.05) is 18.7 Å². The average Bonchev–Trinajstić information content (AvgIpc) is 3.28. The first-order valence-corrected chi connectivity index (χ1v) is 12.1. The molecule has 1 heterocycles. The fourth-order valence-electron chi connectivity index (χ4n) is 4.84. The van der Waals surface area contributed by atoms with Gasteiger partial charge in [-0.3, -0.25) is 10.1 Å². The molecule has 7 heteroatoms. The zero-order chi connectivity index (χ0) is 22.3. The molecule has 0 N–H and O–H groups in total. The first-order valence-electron chi connectivity index (χ1n) is 10.6. The van der Waals surface area contributed by atoms with Crippen LogP contribution in [0.1, 0.15) is 18.4 Å². The van der Waals surface area contributed by atoms with Crippen molar-refractivity contribution in [2.45, 2.75) is 30.2 Å². The third kappa shape index (κ3) is 3.43. The molecule has 1 fully saturated rings. The molecule has 1 aliphatic rings. The number of benzene rings is 4. The minimum atomic E-state index is -3.99. The summed E-state index contributed by atoms with van der Waals surface area (Å²) in [6.45, 7) is 0.366. The van der Waals surface area contributed by atoms with Gasteiger partial charge in [-0.15, -0.1) is 0 Å². The van der Waals surface area contributed by atoms with E-state index in [2.05, 4.69) is 30.3 Å². The van der Waals surface area contributed by atoms with Crippen LogP contribution in [0.3, 0.4) is 0 Å². The first kappa shape index (κ1) is 20.6. The van der Waals surface area contributed by atoms with Gasteiger partial charge >= 0.3 is 0 Å². The van der Waals surface area contributed by atoms with Gasteiger partial charge < -0.3 is 0 Å². The topological polar surface area (TPSA) is 80.5 Å². The Morgan fingerprint density at radius 1 is 0.906 bits per heavy atom. The van der Waals surface area contributed by atoms with Crippen molar-refractivity contribution in [2.75, 3.05) is 6.54 Å². The van der Waals surface area contributed by atoms with Gasteiger partial charge in [-0.05, 0) is 52.4 Å². The third-order valence-electron chi connectivity index (χ3n) is 6.28. The van der Waals surface area contributed by atoms with Gasteiger partial charge in [-0.1, -0.05) is 66.7 Å². The van der Waals surface area contributed by atoms with Crippen molar-refractivity contribution < 1.29 is 13.3 Å². The number of nitrogens with zero attached hydrogens (tertiary/aromatic N) is 2. The van der Waals surface area contributed by atoms with Crippen molar-refractivity contribution in [3.05, 3.63) is 94.5 Å². The summed E-state index contributed by atoms with van der Waals surface area (Å²) < 4.78 is 28.4. The molecule has 1 unspecified atom stereocenters. The van der Waals surface area contributed by atoms with Gasteiger partial charge in [-0.25, -0.2) is 8.42 Å². The third-order valence-corrected chi connectivity index (χ3v) is 8.28. The molecule has 4 aromatic rings. The van der Waals surface area contributed by atoms with Crippen LogP contribution in [0.15, 0.2) is 83.8 Å². The van der Waals surface area contributed by atoms with Gasteiger partial charge in [0.05, 0.1) is 4.92 Å². The molecule has 0 saturated carbocycles. The molecule has 0 amide bonds. The molecule has 1 aliphatic heterocycles. The first-order chi connectivity index (χ1) is 15.5. The number of sulfonamides is 1. The summed E-state index contributed by atoms with van der Waals surface area (Å²) in [4.78, 5) is 10.6. The smallest absolute Gasteiger partial charge is 0.258 e. The van der Waals surface area contributed by atoms with Gasteiger partial charge in [0.15, 0.2) is 4.90 Å². The lowest BCUT2D eigenvalue weighted by Crippen LogP contribution is -2.37. The maximum atomic E-state index is 13.5. The van der Waals surface area contributed by atoms with E-state index in [0.717, 1.165) is 34.6 Å². The standard InChI is InChI=1S/C25H22N2O4S/c28-27(29)24-13-5-6-14-25(24)32(30,31)26-15-7-9-20(26)17-19-16-18-8-1-2-10-21(18)23-12-4-3-11-22(19)23/h1-6,8,10-14,16,20H,7,9,15,17H2. The Kier molecular flexibility index (Phi) is 5.15. The quantitative estimate of drug-likeness (QED) is 0.237. The Bertz CT molecular complexity index is 1450. The van der Waals surface area contributed by atoms with E-state index in [1.807, 2.05) is 24.3 Å². The summed E-state index contributed by atoms with van der Waals surface area (Å²) in [7, 11) is -3.99. The molecule has 5 rings (SSSR count). The summed E-state index contributed by atoms with van der Waals surface area (Å²) in [5.74, 6) is 0. The Labute approximate surface area is 186 Å². The van der Waals surface area contributed by atoms with Crippen molar-refractivity contribution in [2.24, 2.45) is 0 Å². The van der Waals surface area contributed by atoms with Crippen LogP contribution in [0.4, 0.5) is 5.69 Å². The lowest BCUT2D eigenvalue weighted by Gasteiger charge is -2.25. The fourth-order valence-corrected chi connectivity index (χ4v) is 6.69. The number of nitro groups is 1. The maximum absolute atomic E-state index is 13.5. The summed E-state index contributed by atoms with van der Waals surface area (Å²) in [5.41, 5.74) is 0.711. The maximum Gasteiger partial charge on any atom is 0.289 e. The molecular weight excluding hydrogens is 424 g/mol. The van der Waals surface area contributed by atoms with Crippen LogP contribution in [0.25, 0.3) is 21.5 Å². The zero-order valence-corrected chi connectivity index (χ0v) is 18.2. The normalized spacial score (nSPS) is 17.2. The summed E-state index contributed by atoms with van der Waals surface area (Å²) in [5, 5.41) is 16.0. The summed E-state index contributed by atoms with van der Waals surface area (Å²) in [6.07, 6.45) is 2.02. The number of para-hydroxylation sites is 1. The van der Waals surface area contributed by atoms with Crippen LogP contribution < -0.4 is 0 Å². The number of rotatable bonds is 5. The Morgan fingerprint density at radius 3 is 2.34 bits per heavy atom. The van der Waals surface area contributed by atoms with E-state index in [9.17, 15) is 18.5 Å². The molecule has 32 heavy (non-hydrogen) atoms. The highest BCUT2D eigenvalue weighted by Crippen LogP contribution is 2.35. The highest BCUT2D eigenvalue weighted by Gasteiger charge is 2.38. The molecule has 162 valence electrons. The number of hydrogen-bond acceptors (Lipinski definition) is 4. The predicted molar refractivity (Wildman–Crippen MR) is 125 cm³/mol. The van der Waals surface area contributed by atoms with E-state index in [1.165, 1.54) is 34.0 Å². The lowest BCUT2D eigenvalue weighted by molar-refractivity contribution is -0.387. The van der Waals surface area contributed by atoms with Crippen molar-refractivity contribution in [1.82, 2.24) is 4.31 Å². The second kappa shape index (κ2) is 8.00. The SMILES string of the molecule is O=[N+]([O-])c1ccccc1S(=O)(=O)N1CCCC1Cc1cc2ccccc2c2ccccc12. The monoisotopic (exact) mass is 446 g/mol. The van der Waals surface area contributed by atoms with Crippen LogP contribution in [-0.4, -0.2) is 30.2 Å². The number of fused-ring (bicyclic) bond motifs is 3. The Morgan fingerprint density at radius 2 is 1.56 bits per heavy atom. The molecule has 4 aromatic carbocycles. The van der Waals surface area contributed by atoms with Crippen LogP contribution in [0.2, 0.25) is 0 Å². The van der Waals surface area contributed by atoms with E-state index in [4.69, 9.17) is 0 Å². The molecule has 6 nitrogen and oxygen atoms in total. The van der Waals surface area contributed by atoms with Crippen LogP contribution in [-0.2, 0) is 16.4 Å². The van der Waals surface area contributed by atoms with Crippen LogP contribution in [0.5, 0.6) is 0 Å². The summed E-state index contributed by atoms with van der Waals surface area (Å²) >= 11 is 0. The minimum Gasteiger partial charge on any atom is -0.258 e. The molecular formula is C25H22N2O4S. The van der Waals surface area contributed by atoms with Crippen molar-refractivity contribution >= 4 is 37.3 Å². The lowest BCUT2D eigenvalue weighted by atomic mass is 9.93. The molecule has 0 aliphatic carbocycles.